The van der Waals surface area contributed by atoms with E-state index >= 15 is 0 Å². The van der Waals surface area contributed by atoms with E-state index in [1.165, 1.54) is 6.42 Å². The minimum atomic E-state index is -0.963. The van der Waals surface area contributed by atoms with Gasteiger partial charge in [-0.05, 0) is 32.6 Å². The first-order valence-corrected chi connectivity index (χ1v) is 8.47. The lowest BCUT2D eigenvalue weighted by Gasteiger charge is -2.38. The van der Waals surface area contributed by atoms with Gasteiger partial charge in [-0.2, -0.15) is 4.99 Å². The van der Waals surface area contributed by atoms with Crippen LogP contribution in [0.1, 0.15) is 51.9 Å². The summed E-state index contributed by atoms with van der Waals surface area (Å²) in [6, 6.07) is 0. The van der Waals surface area contributed by atoms with Gasteiger partial charge in [0.05, 0.1) is 11.3 Å². The second-order valence-electron chi connectivity index (χ2n) is 6.04. The summed E-state index contributed by atoms with van der Waals surface area (Å²) in [6.07, 6.45) is 8.47. The molecule has 1 heterocycles. The van der Waals surface area contributed by atoms with E-state index in [4.69, 9.17) is 4.74 Å². The van der Waals surface area contributed by atoms with Crippen molar-refractivity contribution in [1.29, 1.82) is 0 Å². The van der Waals surface area contributed by atoms with Crippen LogP contribution in [0.2, 0.25) is 0 Å². The Morgan fingerprint density at radius 2 is 1.79 bits per heavy atom. The fourth-order valence-corrected chi connectivity index (χ4v) is 4.86. The van der Waals surface area contributed by atoms with Crippen LogP contribution in [0, 0.1) is 0 Å². The second-order valence-corrected chi connectivity index (χ2v) is 8.01. The van der Waals surface area contributed by atoms with Gasteiger partial charge in [-0.25, -0.2) is 4.79 Å². The van der Waals surface area contributed by atoms with Gasteiger partial charge in [0.15, 0.2) is 0 Å². The van der Waals surface area contributed by atoms with E-state index in [0.29, 0.717) is 19.0 Å². The molecule has 0 aromatic carbocycles. The van der Waals surface area contributed by atoms with Gasteiger partial charge in [-0.15, -0.1) is 0 Å². The van der Waals surface area contributed by atoms with E-state index in [-0.39, 0.29) is 4.75 Å². The molecule has 0 N–H and O–H groups in total. The highest BCUT2D eigenvalue weighted by atomic mass is 32.2. The number of rotatable bonds is 4. The van der Waals surface area contributed by atoms with Gasteiger partial charge in [0, 0.05) is 28.8 Å². The fraction of sp³-hybridized carbons (Fsp3) is 0.929. The minimum absolute atomic E-state index is 0.179. The average Bonchev–Trinajstić information content (AvgIpc) is 2.41. The Bertz CT molecular complexity index is 378. The van der Waals surface area contributed by atoms with E-state index in [9.17, 15) is 9.00 Å². The van der Waals surface area contributed by atoms with Crippen LogP contribution in [0.25, 0.3) is 0 Å². The smallest absolute Gasteiger partial charge is 0.235 e. The summed E-state index contributed by atoms with van der Waals surface area (Å²) in [5, 5.41) is 0. The predicted octanol–water partition coefficient (Wildman–Crippen LogP) is 2.34. The summed E-state index contributed by atoms with van der Waals surface area (Å²) in [6.45, 7) is 3.45. The van der Waals surface area contributed by atoms with Crippen LogP contribution in [-0.4, -0.2) is 39.5 Å². The third-order valence-corrected chi connectivity index (χ3v) is 6.87. The molecule has 1 saturated heterocycles. The number of hydrogen-bond acceptors (Lipinski definition) is 4. The molecule has 1 atom stereocenters. The van der Waals surface area contributed by atoms with Crippen molar-refractivity contribution >= 4 is 16.9 Å². The van der Waals surface area contributed by atoms with E-state index < -0.39 is 16.3 Å². The number of nitrogens with zero attached hydrogens (tertiary/aromatic N) is 1. The van der Waals surface area contributed by atoms with Gasteiger partial charge >= 0.3 is 0 Å². The first-order valence-electron chi connectivity index (χ1n) is 7.16. The van der Waals surface area contributed by atoms with Crippen molar-refractivity contribution in [2.75, 3.05) is 19.0 Å². The highest BCUT2D eigenvalue weighted by molar-refractivity contribution is 7.86. The second kappa shape index (κ2) is 6.29. The molecule has 19 heavy (non-hydrogen) atoms. The molecule has 2 aliphatic rings. The summed E-state index contributed by atoms with van der Waals surface area (Å²) < 4.78 is 17.9. The highest BCUT2D eigenvalue weighted by Crippen LogP contribution is 2.36. The van der Waals surface area contributed by atoms with E-state index in [0.717, 1.165) is 38.5 Å². The Morgan fingerprint density at radius 3 is 2.37 bits per heavy atom. The van der Waals surface area contributed by atoms with Crippen molar-refractivity contribution in [3.05, 3.63) is 0 Å². The molecule has 4 nitrogen and oxygen atoms in total. The zero-order valence-corrected chi connectivity index (χ0v) is 12.5. The molecule has 5 heteroatoms. The maximum atomic E-state index is 12.7. The Morgan fingerprint density at radius 1 is 1.16 bits per heavy atom. The van der Waals surface area contributed by atoms with Crippen molar-refractivity contribution in [3.63, 3.8) is 0 Å². The van der Waals surface area contributed by atoms with Gasteiger partial charge in [0.25, 0.3) is 0 Å². The van der Waals surface area contributed by atoms with Gasteiger partial charge in [0.2, 0.25) is 6.08 Å². The Labute approximate surface area is 117 Å². The van der Waals surface area contributed by atoms with Crippen LogP contribution >= 0.6 is 0 Å². The molecule has 1 unspecified atom stereocenters. The van der Waals surface area contributed by atoms with Gasteiger partial charge in [-0.3, -0.25) is 4.21 Å². The van der Waals surface area contributed by atoms with Gasteiger partial charge in [-0.1, -0.05) is 19.3 Å². The molecular weight excluding hydrogens is 262 g/mol. The average molecular weight is 285 g/mol. The van der Waals surface area contributed by atoms with Crippen LogP contribution in [-0.2, 0) is 20.3 Å². The molecule has 2 rings (SSSR count). The first kappa shape index (κ1) is 14.9. The molecule has 2 fully saturated rings. The van der Waals surface area contributed by atoms with Crippen molar-refractivity contribution < 1.29 is 13.7 Å². The summed E-state index contributed by atoms with van der Waals surface area (Å²) in [5.41, 5.74) is -0.411. The van der Waals surface area contributed by atoms with E-state index in [1.807, 2.05) is 0 Å². The van der Waals surface area contributed by atoms with E-state index in [2.05, 4.69) is 11.9 Å². The molecule has 0 aromatic heterocycles. The quantitative estimate of drug-likeness (QED) is 0.588. The lowest BCUT2D eigenvalue weighted by molar-refractivity contribution is 0.0800. The van der Waals surface area contributed by atoms with Crippen LogP contribution in [0.5, 0.6) is 0 Å². The number of carbonyl (C=O) groups excluding carboxylic acids is 1. The first-order chi connectivity index (χ1) is 9.10. The van der Waals surface area contributed by atoms with Crippen LogP contribution < -0.4 is 0 Å². The fourth-order valence-electron chi connectivity index (χ4n) is 3.04. The molecule has 1 aliphatic carbocycles. The van der Waals surface area contributed by atoms with Crippen molar-refractivity contribution in [2.45, 2.75) is 62.2 Å². The molecular formula is C14H23NO3S. The summed E-state index contributed by atoms with van der Waals surface area (Å²) in [7, 11) is -0.963. The molecule has 0 spiro atoms. The zero-order chi connectivity index (χ0) is 13.8. The predicted molar refractivity (Wildman–Crippen MR) is 75.4 cm³/mol. The minimum Gasteiger partial charge on any atom is -0.381 e. The number of aliphatic imine (C=N–C) groups is 1. The maximum Gasteiger partial charge on any atom is 0.235 e. The lowest BCUT2D eigenvalue weighted by atomic mass is 9.84. The maximum absolute atomic E-state index is 12.7. The lowest BCUT2D eigenvalue weighted by Crippen LogP contribution is -2.45. The topological polar surface area (TPSA) is 55.7 Å². The van der Waals surface area contributed by atoms with Crippen molar-refractivity contribution in [1.82, 2.24) is 0 Å². The third kappa shape index (κ3) is 3.53. The monoisotopic (exact) mass is 285 g/mol. The number of ether oxygens (including phenoxy) is 1. The van der Waals surface area contributed by atoms with Crippen LogP contribution in [0.3, 0.4) is 0 Å². The molecule has 0 bridgehead atoms. The van der Waals surface area contributed by atoms with Crippen LogP contribution in [0.4, 0.5) is 0 Å². The van der Waals surface area contributed by atoms with Crippen molar-refractivity contribution in [3.8, 4) is 0 Å². The molecule has 0 radical (unpaired) electrons. The van der Waals surface area contributed by atoms with Crippen molar-refractivity contribution in [2.24, 2.45) is 4.99 Å². The summed E-state index contributed by atoms with van der Waals surface area (Å²) in [4.78, 5) is 14.8. The summed E-state index contributed by atoms with van der Waals surface area (Å²) in [5.74, 6) is 0.513. The van der Waals surface area contributed by atoms with Gasteiger partial charge < -0.3 is 4.74 Å². The third-order valence-electron chi connectivity index (χ3n) is 4.57. The summed E-state index contributed by atoms with van der Waals surface area (Å²) >= 11 is 0. The highest BCUT2D eigenvalue weighted by Gasteiger charge is 2.40. The van der Waals surface area contributed by atoms with Gasteiger partial charge in [0.1, 0.15) is 0 Å². The van der Waals surface area contributed by atoms with Crippen LogP contribution in [0.15, 0.2) is 4.99 Å². The SMILES string of the molecule is CC1(S(=O)CC2(N=C=O)CCCCC2)CCOCC1. The largest absolute Gasteiger partial charge is 0.381 e. The zero-order valence-electron chi connectivity index (χ0n) is 11.7. The number of hydrogen-bond donors (Lipinski definition) is 0. The molecule has 0 aromatic rings. The molecule has 1 saturated carbocycles. The Hall–Kier alpha value is -0.510. The molecule has 108 valence electrons. The van der Waals surface area contributed by atoms with E-state index in [1.54, 1.807) is 6.08 Å². The normalized spacial score (nSPS) is 27.2. The Balaban J connectivity index is 2.08. The molecule has 0 amide bonds. The standard InChI is InChI=1S/C14H23NO3S/c1-13(7-9-18-10-8-13)19(17)11-14(15-12-16)5-3-2-4-6-14/h2-11H2,1H3. The number of isocyanates is 1. The molecule has 1 aliphatic heterocycles. The Kier molecular flexibility index (Phi) is 4.93.